The quantitative estimate of drug-likeness (QED) is 0.772. The van der Waals surface area contributed by atoms with Crippen LogP contribution < -0.4 is 5.32 Å². The Morgan fingerprint density at radius 2 is 2.11 bits per heavy atom. The molecule has 1 N–H and O–H groups in total. The van der Waals surface area contributed by atoms with E-state index in [1.165, 1.54) is 30.2 Å². The number of aryl methyl sites for hydroxylation is 2. The van der Waals surface area contributed by atoms with Crippen LogP contribution >= 0.6 is 11.8 Å². The summed E-state index contributed by atoms with van der Waals surface area (Å²) in [6.07, 6.45) is 8.98. The lowest BCUT2D eigenvalue weighted by Crippen LogP contribution is -2.25. The van der Waals surface area contributed by atoms with Gasteiger partial charge in [-0.25, -0.2) is 9.97 Å². The van der Waals surface area contributed by atoms with Gasteiger partial charge in [-0.2, -0.15) is 5.26 Å². The van der Waals surface area contributed by atoms with Crippen molar-refractivity contribution in [3.8, 4) is 6.07 Å². The van der Waals surface area contributed by atoms with Gasteiger partial charge in [-0.3, -0.25) is 4.79 Å². The predicted molar refractivity (Wildman–Crippen MR) is 108 cm³/mol. The van der Waals surface area contributed by atoms with Crippen molar-refractivity contribution in [3.05, 3.63) is 47.3 Å². The average molecular weight is 381 g/mol. The first kappa shape index (κ1) is 19.4. The van der Waals surface area contributed by atoms with E-state index in [9.17, 15) is 10.1 Å². The van der Waals surface area contributed by atoms with Crippen molar-refractivity contribution >= 4 is 23.5 Å². The van der Waals surface area contributed by atoms with Crippen LogP contribution in [0.25, 0.3) is 0 Å². The van der Waals surface area contributed by atoms with E-state index in [1.807, 2.05) is 25.1 Å². The maximum absolute atomic E-state index is 12.7. The molecule has 140 valence electrons. The molecule has 1 atom stereocenters. The summed E-state index contributed by atoms with van der Waals surface area (Å²) >= 11 is 1.38. The number of amides is 1. The number of rotatable bonds is 5. The highest BCUT2D eigenvalue weighted by Crippen LogP contribution is 2.30. The molecular weight excluding hydrogens is 356 g/mol. The zero-order chi connectivity index (χ0) is 19.1. The van der Waals surface area contributed by atoms with Crippen LogP contribution in [-0.2, 0) is 17.6 Å². The summed E-state index contributed by atoms with van der Waals surface area (Å²) in [5.74, 6) is 0.423. The van der Waals surface area contributed by atoms with E-state index in [2.05, 4.69) is 16.4 Å². The fourth-order valence-electron chi connectivity index (χ4n) is 3.24. The summed E-state index contributed by atoms with van der Waals surface area (Å²) in [6, 6.07) is 9.66. The van der Waals surface area contributed by atoms with Crippen LogP contribution in [0.15, 0.2) is 35.5 Å². The molecule has 0 saturated carbocycles. The SMILES string of the molecule is CCC(Sc1nc2c(cc1C#N)CCCCCC2)C(=O)Nc1ccccn1. The topological polar surface area (TPSA) is 78.7 Å². The minimum Gasteiger partial charge on any atom is -0.310 e. The number of aromatic nitrogens is 2. The molecule has 0 aromatic carbocycles. The summed E-state index contributed by atoms with van der Waals surface area (Å²) in [7, 11) is 0. The van der Waals surface area contributed by atoms with Crippen molar-refractivity contribution in [1.29, 1.82) is 5.26 Å². The highest BCUT2D eigenvalue weighted by atomic mass is 32.2. The van der Waals surface area contributed by atoms with Crippen LogP contribution in [-0.4, -0.2) is 21.1 Å². The molecule has 1 amide bonds. The van der Waals surface area contributed by atoms with Crippen LogP contribution in [0.2, 0.25) is 0 Å². The monoisotopic (exact) mass is 380 g/mol. The number of fused-ring (bicyclic) bond motifs is 1. The number of carbonyl (C=O) groups is 1. The van der Waals surface area contributed by atoms with Gasteiger partial charge in [0, 0.05) is 11.9 Å². The Bertz CT molecular complexity index is 832. The largest absolute Gasteiger partial charge is 0.310 e. The second kappa shape index (κ2) is 9.52. The number of carbonyl (C=O) groups excluding carboxylic acids is 1. The molecule has 0 saturated heterocycles. The van der Waals surface area contributed by atoms with Gasteiger partial charge in [0.05, 0.1) is 10.8 Å². The van der Waals surface area contributed by atoms with Crippen LogP contribution in [0, 0.1) is 11.3 Å². The number of hydrogen-bond donors (Lipinski definition) is 1. The average Bonchev–Trinajstić information content (AvgIpc) is 2.67. The summed E-state index contributed by atoms with van der Waals surface area (Å²) in [5.41, 5.74) is 2.86. The minimum atomic E-state index is -0.321. The van der Waals surface area contributed by atoms with E-state index in [0.717, 1.165) is 31.4 Å². The molecule has 1 aliphatic rings. The lowest BCUT2D eigenvalue weighted by atomic mass is 9.96. The number of pyridine rings is 2. The smallest absolute Gasteiger partial charge is 0.239 e. The van der Waals surface area contributed by atoms with Crippen LogP contribution in [0.4, 0.5) is 5.82 Å². The second-order valence-corrected chi connectivity index (χ2v) is 7.88. The van der Waals surface area contributed by atoms with Crippen molar-refractivity contribution in [1.82, 2.24) is 9.97 Å². The Hall–Kier alpha value is -2.39. The molecule has 27 heavy (non-hydrogen) atoms. The van der Waals surface area contributed by atoms with Crippen molar-refractivity contribution in [2.75, 3.05) is 5.32 Å². The number of thioether (sulfide) groups is 1. The van der Waals surface area contributed by atoms with Gasteiger partial charge < -0.3 is 5.32 Å². The number of anilines is 1. The number of nitriles is 1. The normalized spacial score (nSPS) is 15.0. The summed E-state index contributed by atoms with van der Waals surface area (Å²) < 4.78 is 0. The third-order valence-corrected chi connectivity index (χ3v) is 6.09. The molecule has 5 nitrogen and oxygen atoms in total. The van der Waals surface area contributed by atoms with E-state index in [0.29, 0.717) is 22.8 Å². The van der Waals surface area contributed by atoms with E-state index in [4.69, 9.17) is 4.98 Å². The molecule has 1 aliphatic carbocycles. The van der Waals surface area contributed by atoms with Crippen LogP contribution in [0.5, 0.6) is 0 Å². The van der Waals surface area contributed by atoms with Gasteiger partial charge in [-0.1, -0.05) is 37.6 Å². The van der Waals surface area contributed by atoms with E-state index < -0.39 is 0 Å². The first-order chi connectivity index (χ1) is 13.2. The molecule has 2 aromatic rings. The third-order valence-electron chi connectivity index (χ3n) is 4.72. The number of nitrogens with zero attached hydrogens (tertiary/aromatic N) is 3. The van der Waals surface area contributed by atoms with Gasteiger partial charge in [0.25, 0.3) is 0 Å². The zero-order valence-corrected chi connectivity index (χ0v) is 16.4. The molecule has 3 rings (SSSR count). The Balaban J connectivity index is 1.80. The molecule has 0 radical (unpaired) electrons. The van der Waals surface area contributed by atoms with Crippen molar-refractivity contribution in [2.45, 2.75) is 62.1 Å². The maximum Gasteiger partial charge on any atom is 0.239 e. The van der Waals surface area contributed by atoms with E-state index in [-0.39, 0.29) is 11.2 Å². The van der Waals surface area contributed by atoms with Gasteiger partial charge in [0.1, 0.15) is 16.9 Å². The standard InChI is InChI=1S/C21H24N4OS/c1-2-18(20(26)25-19-11-7-8-12-23-19)27-21-16(14-22)13-15-9-5-3-4-6-10-17(15)24-21/h7-8,11-13,18H,2-6,9-10H2,1H3,(H,23,25,26). The molecule has 2 aromatic heterocycles. The number of nitrogens with one attached hydrogen (secondary N) is 1. The Labute approximate surface area is 164 Å². The lowest BCUT2D eigenvalue weighted by Gasteiger charge is -2.18. The zero-order valence-electron chi connectivity index (χ0n) is 15.6. The summed E-state index contributed by atoms with van der Waals surface area (Å²) in [4.78, 5) is 21.6. The molecule has 1 unspecified atom stereocenters. The van der Waals surface area contributed by atoms with Gasteiger partial charge in [0.2, 0.25) is 5.91 Å². The highest BCUT2D eigenvalue weighted by Gasteiger charge is 2.22. The van der Waals surface area contributed by atoms with Crippen molar-refractivity contribution < 1.29 is 4.79 Å². The maximum atomic E-state index is 12.7. The molecule has 2 heterocycles. The molecule has 0 fully saturated rings. The summed E-state index contributed by atoms with van der Waals surface area (Å²) in [5, 5.41) is 12.8. The Morgan fingerprint density at radius 3 is 2.81 bits per heavy atom. The first-order valence-corrected chi connectivity index (χ1v) is 10.4. The summed E-state index contributed by atoms with van der Waals surface area (Å²) in [6.45, 7) is 1.97. The Kier molecular flexibility index (Phi) is 6.83. The van der Waals surface area contributed by atoms with Crippen molar-refractivity contribution in [3.63, 3.8) is 0 Å². The fraction of sp³-hybridized carbons (Fsp3) is 0.429. The first-order valence-electron chi connectivity index (χ1n) is 9.52. The number of hydrogen-bond acceptors (Lipinski definition) is 5. The van der Waals surface area contributed by atoms with Gasteiger partial charge in [-0.05, 0) is 55.9 Å². The second-order valence-electron chi connectivity index (χ2n) is 6.69. The predicted octanol–water partition coefficient (Wildman–Crippen LogP) is 4.52. The minimum absolute atomic E-state index is 0.112. The van der Waals surface area contributed by atoms with Crippen LogP contribution in [0.3, 0.4) is 0 Å². The fourth-order valence-corrected chi connectivity index (χ4v) is 4.24. The van der Waals surface area contributed by atoms with E-state index >= 15 is 0 Å². The molecule has 0 bridgehead atoms. The van der Waals surface area contributed by atoms with Gasteiger partial charge >= 0.3 is 0 Å². The van der Waals surface area contributed by atoms with Crippen molar-refractivity contribution in [2.24, 2.45) is 0 Å². The van der Waals surface area contributed by atoms with Crippen LogP contribution in [0.1, 0.15) is 55.8 Å². The lowest BCUT2D eigenvalue weighted by molar-refractivity contribution is -0.115. The molecular formula is C21H24N4OS. The molecule has 6 heteroatoms. The third kappa shape index (κ3) is 5.08. The van der Waals surface area contributed by atoms with Gasteiger partial charge in [0.15, 0.2) is 0 Å². The van der Waals surface area contributed by atoms with E-state index in [1.54, 1.807) is 12.3 Å². The molecule has 0 aliphatic heterocycles. The van der Waals surface area contributed by atoms with Gasteiger partial charge in [-0.15, -0.1) is 0 Å². The Morgan fingerprint density at radius 1 is 1.30 bits per heavy atom. The highest BCUT2D eigenvalue weighted by molar-refractivity contribution is 8.00. The molecule has 0 spiro atoms.